The van der Waals surface area contributed by atoms with Gasteiger partial charge in [-0.15, -0.1) is 0 Å². The van der Waals surface area contributed by atoms with Crippen molar-refractivity contribution in [2.75, 3.05) is 44.6 Å². The van der Waals surface area contributed by atoms with E-state index in [1.807, 2.05) is 12.1 Å². The molecule has 178 valence electrons. The number of hydrogen-bond donors (Lipinski definition) is 3. The number of nitrogens with one attached hydrogen (secondary N) is 2. The number of carbonyl (C=O) groups excluding carboxylic acids is 1. The first-order valence-electron chi connectivity index (χ1n) is 10.9. The van der Waals surface area contributed by atoms with Crippen molar-refractivity contribution in [3.05, 3.63) is 53.5 Å². The lowest BCUT2D eigenvalue weighted by molar-refractivity contribution is -0.153. The van der Waals surface area contributed by atoms with Crippen LogP contribution < -0.4 is 10.6 Å². The van der Waals surface area contributed by atoms with Gasteiger partial charge in [0.25, 0.3) is 5.91 Å². The van der Waals surface area contributed by atoms with Gasteiger partial charge in [0.05, 0.1) is 18.7 Å². The van der Waals surface area contributed by atoms with Crippen LogP contribution in [0.1, 0.15) is 21.6 Å². The van der Waals surface area contributed by atoms with Crippen molar-refractivity contribution in [3.8, 4) is 0 Å². The predicted molar refractivity (Wildman–Crippen MR) is 116 cm³/mol. The summed E-state index contributed by atoms with van der Waals surface area (Å²) in [4.78, 5) is 23.9. The van der Waals surface area contributed by atoms with Crippen molar-refractivity contribution in [2.24, 2.45) is 0 Å². The van der Waals surface area contributed by atoms with E-state index in [0.29, 0.717) is 12.4 Å². The van der Waals surface area contributed by atoms with Gasteiger partial charge in [0.2, 0.25) is 0 Å². The number of fused-ring (bicyclic) bond motifs is 1. The highest BCUT2D eigenvalue weighted by Gasteiger charge is 2.37. The summed E-state index contributed by atoms with van der Waals surface area (Å²) in [6.45, 7) is 1.71. The Kier molecular flexibility index (Phi) is 7.11. The van der Waals surface area contributed by atoms with Crippen LogP contribution in [-0.4, -0.2) is 88.4 Å². The number of anilines is 1. The summed E-state index contributed by atoms with van der Waals surface area (Å²) in [5, 5.41) is 16.1. The number of amides is 1. The molecule has 0 unspecified atom stereocenters. The van der Waals surface area contributed by atoms with E-state index >= 15 is 0 Å². The second-order valence-electron chi connectivity index (χ2n) is 8.56. The van der Waals surface area contributed by atoms with Crippen molar-refractivity contribution in [3.63, 3.8) is 0 Å². The summed E-state index contributed by atoms with van der Waals surface area (Å²) in [5.74, 6) is -0.0739. The third-order valence-electron chi connectivity index (χ3n) is 5.79. The maximum Gasteiger partial charge on any atom is 0.401 e. The summed E-state index contributed by atoms with van der Waals surface area (Å²) in [5.41, 5.74) is 2.71. The van der Waals surface area contributed by atoms with E-state index in [0.717, 1.165) is 19.5 Å². The van der Waals surface area contributed by atoms with Crippen molar-refractivity contribution >= 4 is 11.7 Å². The molecule has 0 aliphatic carbocycles. The molecular formula is C22H27F3N6O2. The van der Waals surface area contributed by atoms with E-state index in [9.17, 15) is 23.1 Å². The fraction of sp³-hybridized carbons (Fsp3) is 0.500. The number of alkyl halides is 3. The second-order valence-corrected chi connectivity index (χ2v) is 8.56. The smallest absolute Gasteiger partial charge is 0.390 e. The summed E-state index contributed by atoms with van der Waals surface area (Å²) in [6, 6.07) is 9.53. The Morgan fingerprint density at radius 3 is 2.70 bits per heavy atom. The average molecular weight is 464 g/mol. The lowest BCUT2D eigenvalue weighted by Crippen LogP contribution is -2.57. The van der Waals surface area contributed by atoms with Crippen molar-refractivity contribution < 1.29 is 23.1 Å². The molecule has 3 N–H and O–H groups in total. The highest BCUT2D eigenvalue weighted by Crippen LogP contribution is 2.22. The van der Waals surface area contributed by atoms with Gasteiger partial charge in [-0.1, -0.05) is 24.3 Å². The molecule has 0 bridgehead atoms. The Bertz CT molecular complexity index is 967. The summed E-state index contributed by atoms with van der Waals surface area (Å²) >= 11 is 0. The van der Waals surface area contributed by atoms with E-state index in [2.05, 4.69) is 37.6 Å². The van der Waals surface area contributed by atoms with Crippen LogP contribution in [0.4, 0.5) is 19.0 Å². The molecule has 1 aromatic heterocycles. The first kappa shape index (κ1) is 23.4. The van der Waals surface area contributed by atoms with Gasteiger partial charge in [-0.3, -0.25) is 14.6 Å². The number of hydrogen-bond acceptors (Lipinski definition) is 7. The van der Waals surface area contributed by atoms with Gasteiger partial charge >= 0.3 is 6.18 Å². The maximum atomic E-state index is 12.4. The maximum absolute atomic E-state index is 12.4. The highest BCUT2D eigenvalue weighted by molar-refractivity contribution is 5.92. The molecule has 11 heteroatoms. The Morgan fingerprint density at radius 2 is 1.94 bits per heavy atom. The monoisotopic (exact) mass is 464 g/mol. The number of carbonyl (C=O) groups is 1. The van der Waals surface area contributed by atoms with Crippen LogP contribution in [0.5, 0.6) is 0 Å². The normalized spacial score (nSPS) is 18.3. The molecule has 0 saturated carbocycles. The molecule has 1 aromatic carbocycles. The highest BCUT2D eigenvalue weighted by atomic mass is 19.4. The first-order chi connectivity index (χ1) is 15.7. The van der Waals surface area contributed by atoms with Crippen LogP contribution in [0.25, 0.3) is 0 Å². The number of likely N-dealkylation sites (tertiary alicyclic amines) is 1. The largest absolute Gasteiger partial charge is 0.401 e. The standard InChI is InChI=1S/C22H27F3N6O2/c23-22(24,25)13-31-10-17(11-31)29-20-7-19(27-14-28-20)21(33)26-8-18(32)12-30-6-5-15-3-1-2-4-16(15)9-30/h1-4,7,14,17-18,32H,5-6,8-13H2,(H,26,33)(H,27,28,29)/t18-/m0/s1. The quantitative estimate of drug-likeness (QED) is 0.542. The van der Waals surface area contributed by atoms with Crippen LogP contribution in [0, 0.1) is 0 Å². The third kappa shape index (κ3) is 6.62. The summed E-state index contributed by atoms with van der Waals surface area (Å²) in [6.07, 6.45) is -2.78. The summed E-state index contributed by atoms with van der Waals surface area (Å²) in [7, 11) is 0. The second kappa shape index (κ2) is 10.0. The third-order valence-corrected chi connectivity index (χ3v) is 5.79. The number of nitrogens with zero attached hydrogens (tertiary/aromatic N) is 4. The van der Waals surface area contributed by atoms with Gasteiger partial charge in [-0.05, 0) is 17.5 Å². The average Bonchev–Trinajstić information content (AvgIpc) is 2.75. The van der Waals surface area contributed by atoms with Gasteiger partial charge in [0.1, 0.15) is 17.8 Å². The lowest BCUT2D eigenvalue weighted by atomic mass is 10.00. The Balaban J connectivity index is 1.21. The molecule has 3 heterocycles. The Hall–Kier alpha value is -2.76. The molecule has 1 atom stereocenters. The molecule has 2 aliphatic rings. The van der Waals surface area contributed by atoms with Gasteiger partial charge in [-0.25, -0.2) is 9.97 Å². The van der Waals surface area contributed by atoms with Crippen LogP contribution in [0.3, 0.4) is 0 Å². The van der Waals surface area contributed by atoms with Crippen molar-refractivity contribution in [1.82, 2.24) is 25.1 Å². The zero-order valence-corrected chi connectivity index (χ0v) is 18.1. The molecule has 2 aromatic rings. The molecular weight excluding hydrogens is 437 g/mol. The molecule has 1 fully saturated rings. The summed E-state index contributed by atoms with van der Waals surface area (Å²) < 4.78 is 37.2. The number of β-amino-alcohol motifs (C(OH)–C–C–N with tert-alkyl or cyclic N) is 1. The minimum Gasteiger partial charge on any atom is -0.390 e. The first-order valence-corrected chi connectivity index (χ1v) is 10.9. The minimum absolute atomic E-state index is 0.0821. The van der Waals surface area contributed by atoms with Gasteiger partial charge < -0.3 is 15.7 Å². The molecule has 0 radical (unpaired) electrons. The fourth-order valence-electron chi connectivity index (χ4n) is 4.19. The predicted octanol–water partition coefficient (Wildman–Crippen LogP) is 1.28. The van der Waals surface area contributed by atoms with E-state index in [1.165, 1.54) is 28.4 Å². The van der Waals surface area contributed by atoms with Crippen molar-refractivity contribution in [2.45, 2.75) is 31.3 Å². The van der Waals surface area contributed by atoms with E-state index in [1.54, 1.807) is 0 Å². The number of aliphatic hydroxyl groups is 1. The zero-order valence-electron chi connectivity index (χ0n) is 18.1. The van der Waals surface area contributed by atoms with Crippen LogP contribution in [0.15, 0.2) is 36.7 Å². The molecule has 1 amide bonds. The van der Waals surface area contributed by atoms with E-state index < -0.39 is 24.7 Å². The molecule has 4 rings (SSSR count). The minimum atomic E-state index is -4.21. The van der Waals surface area contributed by atoms with Crippen LogP contribution >= 0.6 is 0 Å². The SMILES string of the molecule is O=C(NC[C@H](O)CN1CCc2ccccc2C1)c1cc(NC2CN(CC(F)(F)F)C2)ncn1. The molecule has 0 spiro atoms. The van der Waals surface area contributed by atoms with Gasteiger partial charge in [0.15, 0.2) is 0 Å². The van der Waals surface area contributed by atoms with E-state index in [-0.39, 0.29) is 31.4 Å². The van der Waals surface area contributed by atoms with Crippen LogP contribution in [0.2, 0.25) is 0 Å². The molecule has 2 aliphatic heterocycles. The molecule has 1 saturated heterocycles. The fourth-order valence-corrected chi connectivity index (χ4v) is 4.19. The number of rotatable bonds is 8. The number of halogens is 3. The lowest BCUT2D eigenvalue weighted by Gasteiger charge is -2.40. The molecule has 33 heavy (non-hydrogen) atoms. The number of benzene rings is 1. The molecule has 8 nitrogen and oxygen atoms in total. The number of aromatic nitrogens is 2. The topological polar surface area (TPSA) is 93.6 Å². The van der Waals surface area contributed by atoms with Crippen molar-refractivity contribution in [1.29, 1.82) is 0 Å². The van der Waals surface area contributed by atoms with E-state index in [4.69, 9.17) is 0 Å². The van der Waals surface area contributed by atoms with Gasteiger partial charge in [-0.2, -0.15) is 13.2 Å². The zero-order chi connectivity index (χ0) is 23.4. The van der Waals surface area contributed by atoms with Crippen LogP contribution in [-0.2, 0) is 13.0 Å². The Morgan fingerprint density at radius 1 is 1.18 bits per heavy atom. The number of aliphatic hydroxyl groups excluding tert-OH is 1. The van der Waals surface area contributed by atoms with Gasteiger partial charge in [0, 0.05) is 45.3 Å². The Labute approximate surface area is 189 Å².